The van der Waals surface area contributed by atoms with Gasteiger partial charge in [-0.1, -0.05) is 12.1 Å². The standard InChI is InChI=1S/C42H30F6N2O4/c1-51-25-7-11-29-30-12-8-26(52-2)20-36(30)49(35(29)19-25)39-17-23(5-15-33(39)41(43,44)45)24-6-16-34(42(46,47)48)40(18-24)50-37-21-27(53-3)9-13-31(37)32-14-10-28(54-4)22-38(32)50/h5-22H,1-4H3. The number of rotatable bonds is 7. The zero-order valence-electron chi connectivity index (χ0n) is 29.2. The molecule has 0 unspecified atom stereocenters. The van der Waals surface area contributed by atoms with Crippen LogP contribution < -0.4 is 18.9 Å². The molecular formula is C42H30F6N2O4. The molecule has 0 aliphatic carbocycles. The average Bonchev–Trinajstić information content (AvgIpc) is 3.67. The molecule has 274 valence electrons. The predicted molar refractivity (Wildman–Crippen MR) is 197 cm³/mol. The van der Waals surface area contributed by atoms with Crippen molar-refractivity contribution in [1.29, 1.82) is 0 Å². The van der Waals surface area contributed by atoms with Crippen LogP contribution in [0.5, 0.6) is 23.0 Å². The highest BCUT2D eigenvalue weighted by molar-refractivity contribution is 6.11. The maximum Gasteiger partial charge on any atom is 0.418 e. The molecule has 0 amide bonds. The summed E-state index contributed by atoms with van der Waals surface area (Å²) in [6.45, 7) is 0. The van der Waals surface area contributed by atoms with E-state index in [1.165, 1.54) is 61.8 Å². The second-order valence-electron chi connectivity index (χ2n) is 12.7. The molecule has 0 saturated carbocycles. The lowest BCUT2D eigenvalue weighted by Gasteiger charge is -2.20. The van der Waals surface area contributed by atoms with Gasteiger partial charge in [0, 0.05) is 45.8 Å². The summed E-state index contributed by atoms with van der Waals surface area (Å²) in [5, 5.41) is 2.67. The Morgan fingerprint density at radius 1 is 0.370 bits per heavy atom. The molecule has 0 aliphatic heterocycles. The van der Waals surface area contributed by atoms with Crippen LogP contribution in [0, 0.1) is 0 Å². The number of fused-ring (bicyclic) bond motifs is 6. The fourth-order valence-electron chi connectivity index (χ4n) is 7.26. The first-order chi connectivity index (χ1) is 25.8. The Hall–Kier alpha value is -6.30. The van der Waals surface area contributed by atoms with E-state index in [9.17, 15) is 26.3 Å². The van der Waals surface area contributed by atoms with Crippen LogP contribution in [0.3, 0.4) is 0 Å². The lowest BCUT2D eigenvalue weighted by Crippen LogP contribution is -2.12. The molecule has 0 atom stereocenters. The van der Waals surface area contributed by atoms with Crippen molar-refractivity contribution in [2.45, 2.75) is 12.4 Å². The maximum atomic E-state index is 14.9. The van der Waals surface area contributed by atoms with Crippen molar-refractivity contribution in [3.8, 4) is 45.5 Å². The van der Waals surface area contributed by atoms with Crippen molar-refractivity contribution in [1.82, 2.24) is 9.13 Å². The van der Waals surface area contributed by atoms with Gasteiger partial charge in [0.15, 0.2) is 0 Å². The number of hydrogen-bond acceptors (Lipinski definition) is 4. The van der Waals surface area contributed by atoms with Crippen LogP contribution in [0.25, 0.3) is 66.1 Å². The Bertz CT molecular complexity index is 2450. The van der Waals surface area contributed by atoms with Gasteiger partial charge in [-0.25, -0.2) is 0 Å². The first-order valence-corrected chi connectivity index (χ1v) is 16.6. The van der Waals surface area contributed by atoms with Crippen molar-refractivity contribution in [2.24, 2.45) is 0 Å². The normalized spacial score (nSPS) is 12.3. The molecule has 0 radical (unpaired) electrons. The van der Waals surface area contributed by atoms with Gasteiger partial charge in [-0.05, 0) is 83.9 Å². The Labute approximate surface area is 304 Å². The first-order valence-electron chi connectivity index (χ1n) is 16.6. The average molecular weight is 741 g/mol. The fraction of sp³-hybridized carbons (Fsp3) is 0.143. The Balaban J connectivity index is 1.44. The van der Waals surface area contributed by atoms with Crippen LogP contribution in [0.1, 0.15) is 11.1 Å². The van der Waals surface area contributed by atoms with E-state index in [2.05, 4.69) is 0 Å². The third kappa shape index (κ3) is 5.60. The SMILES string of the molecule is COc1ccc2c3ccc(OC)cc3n(-c3cc(-c4ccc(C(F)(F)F)c(-n5c6cc(OC)ccc6c6ccc(OC)cc65)c4)ccc3C(F)(F)F)c2c1. The fourth-order valence-corrected chi connectivity index (χ4v) is 7.26. The summed E-state index contributed by atoms with van der Waals surface area (Å²) in [5.41, 5.74) is -0.0991. The highest BCUT2D eigenvalue weighted by atomic mass is 19.4. The van der Waals surface area contributed by atoms with E-state index in [-0.39, 0.29) is 22.5 Å². The Morgan fingerprint density at radius 3 is 0.889 bits per heavy atom. The summed E-state index contributed by atoms with van der Waals surface area (Å²) in [7, 11) is 5.85. The minimum Gasteiger partial charge on any atom is -0.497 e. The molecule has 0 saturated heterocycles. The van der Waals surface area contributed by atoms with Gasteiger partial charge < -0.3 is 28.1 Å². The minimum atomic E-state index is -4.79. The molecule has 0 fully saturated rings. The summed E-state index contributed by atoms with van der Waals surface area (Å²) in [4.78, 5) is 0. The third-order valence-electron chi connectivity index (χ3n) is 9.78. The number of benzene rings is 6. The Kier molecular flexibility index (Phi) is 8.16. The van der Waals surface area contributed by atoms with Crippen LogP contribution in [0.15, 0.2) is 109 Å². The van der Waals surface area contributed by atoms with Gasteiger partial charge in [-0.2, -0.15) is 26.3 Å². The summed E-state index contributed by atoms with van der Waals surface area (Å²) in [5.74, 6) is 1.70. The van der Waals surface area contributed by atoms with E-state index in [1.807, 2.05) is 0 Å². The number of halogens is 6. The molecule has 0 bridgehead atoms. The van der Waals surface area contributed by atoms with Crippen molar-refractivity contribution in [2.75, 3.05) is 28.4 Å². The van der Waals surface area contributed by atoms with Gasteiger partial charge >= 0.3 is 12.4 Å². The summed E-state index contributed by atoms with van der Waals surface area (Å²) in [6, 6.07) is 27.7. The van der Waals surface area contributed by atoms with Crippen molar-refractivity contribution in [3.63, 3.8) is 0 Å². The zero-order chi connectivity index (χ0) is 38.1. The lowest BCUT2D eigenvalue weighted by atomic mass is 9.99. The monoisotopic (exact) mass is 740 g/mol. The van der Waals surface area contributed by atoms with E-state index < -0.39 is 23.5 Å². The van der Waals surface area contributed by atoms with E-state index in [0.717, 1.165) is 12.1 Å². The van der Waals surface area contributed by atoms with Gasteiger partial charge in [-0.15, -0.1) is 0 Å². The number of alkyl halides is 6. The van der Waals surface area contributed by atoms with Crippen LogP contribution in [-0.4, -0.2) is 37.6 Å². The first kappa shape index (κ1) is 34.8. The van der Waals surface area contributed by atoms with Crippen LogP contribution in [0.2, 0.25) is 0 Å². The maximum absolute atomic E-state index is 14.9. The van der Waals surface area contributed by atoms with Crippen molar-refractivity contribution >= 4 is 43.6 Å². The molecule has 0 aliphatic rings. The van der Waals surface area contributed by atoms with E-state index >= 15 is 0 Å². The number of nitrogens with zero attached hydrogens (tertiary/aromatic N) is 2. The van der Waals surface area contributed by atoms with Gasteiger partial charge in [0.25, 0.3) is 0 Å². The molecule has 6 nitrogen and oxygen atoms in total. The molecule has 6 aromatic carbocycles. The number of aromatic nitrogens is 2. The summed E-state index contributed by atoms with van der Waals surface area (Å²) in [6.07, 6.45) is -9.58. The highest BCUT2D eigenvalue weighted by Crippen LogP contribution is 2.45. The minimum absolute atomic E-state index is 0.228. The largest absolute Gasteiger partial charge is 0.497 e. The second-order valence-corrected chi connectivity index (χ2v) is 12.7. The van der Waals surface area contributed by atoms with E-state index in [0.29, 0.717) is 66.6 Å². The molecule has 0 N–H and O–H groups in total. The predicted octanol–water partition coefficient (Wildman–Crippen LogP) is 11.6. The van der Waals surface area contributed by atoms with Crippen molar-refractivity contribution in [3.05, 3.63) is 120 Å². The molecule has 2 aromatic heterocycles. The van der Waals surface area contributed by atoms with Crippen molar-refractivity contribution < 1.29 is 45.3 Å². The molecule has 2 heterocycles. The number of methoxy groups -OCH3 is 4. The molecule has 0 spiro atoms. The third-order valence-corrected chi connectivity index (χ3v) is 9.78. The van der Waals surface area contributed by atoms with E-state index in [4.69, 9.17) is 18.9 Å². The topological polar surface area (TPSA) is 46.8 Å². The molecule has 54 heavy (non-hydrogen) atoms. The van der Waals surface area contributed by atoms with E-state index in [1.54, 1.807) is 72.8 Å². The van der Waals surface area contributed by atoms with Crippen LogP contribution in [0.4, 0.5) is 26.3 Å². The molecule has 8 aromatic rings. The summed E-state index contributed by atoms with van der Waals surface area (Å²) < 4.78 is 114. The molecular weight excluding hydrogens is 710 g/mol. The highest BCUT2D eigenvalue weighted by Gasteiger charge is 2.37. The molecule has 12 heteroatoms. The van der Waals surface area contributed by atoms with Gasteiger partial charge in [0.1, 0.15) is 23.0 Å². The number of hydrogen-bond donors (Lipinski definition) is 0. The smallest absolute Gasteiger partial charge is 0.418 e. The van der Waals surface area contributed by atoms with Gasteiger partial charge in [0.05, 0.1) is 73.0 Å². The van der Waals surface area contributed by atoms with Crippen LogP contribution in [-0.2, 0) is 12.4 Å². The lowest BCUT2D eigenvalue weighted by molar-refractivity contribution is -0.138. The second kappa shape index (κ2) is 12.7. The number of ether oxygens (including phenoxy) is 4. The molecule has 8 rings (SSSR count). The van der Waals surface area contributed by atoms with Gasteiger partial charge in [-0.3, -0.25) is 0 Å². The Morgan fingerprint density at radius 2 is 0.648 bits per heavy atom. The zero-order valence-corrected chi connectivity index (χ0v) is 29.2. The van der Waals surface area contributed by atoms with Gasteiger partial charge in [0.2, 0.25) is 0 Å². The quantitative estimate of drug-likeness (QED) is 0.153. The van der Waals surface area contributed by atoms with Crippen LogP contribution >= 0.6 is 0 Å². The summed E-state index contributed by atoms with van der Waals surface area (Å²) >= 11 is 0.